The zero-order valence-corrected chi connectivity index (χ0v) is 14.5. The lowest BCUT2D eigenvalue weighted by molar-refractivity contribution is 0.0600. The van der Waals surface area contributed by atoms with Gasteiger partial charge in [-0.1, -0.05) is 17.7 Å². The van der Waals surface area contributed by atoms with Gasteiger partial charge in [-0.2, -0.15) is 0 Å². The Labute approximate surface area is 140 Å². The third-order valence-electron chi connectivity index (χ3n) is 3.33. The van der Waals surface area contributed by atoms with Gasteiger partial charge < -0.3 is 4.74 Å². The lowest BCUT2D eigenvalue weighted by Crippen LogP contribution is -2.16. The van der Waals surface area contributed by atoms with Crippen molar-refractivity contribution in [2.24, 2.45) is 0 Å². The molecule has 7 heteroatoms. The summed E-state index contributed by atoms with van der Waals surface area (Å²) in [6.45, 7) is 3.41. The molecule has 2 rings (SSSR count). The summed E-state index contributed by atoms with van der Waals surface area (Å²) < 4.78 is 32.4. The lowest BCUT2D eigenvalue weighted by atomic mass is 10.1. The van der Waals surface area contributed by atoms with Gasteiger partial charge >= 0.3 is 5.97 Å². The number of carbonyl (C=O) groups excluding carboxylic acids is 1. The molecule has 1 N–H and O–H groups in total. The molecular formula is C16H16ClNO4S. The largest absolute Gasteiger partial charge is 0.465 e. The molecule has 0 bridgehead atoms. The van der Waals surface area contributed by atoms with Crippen LogP contribution < -0.4 is 4.72 Å². The monoisotopic (exact) mass is 353 g/mol. The predicted molar refractivity (Wildman–Crippen MR) is 89.5 cm³/mol. The highest BCUT2D eigenvalue weighted by Crippen LogP contribution is 2.25. The number of benzene rings is 2. The molecule has 0 amide bonds. The van der Waals surface area contributed by atoms with E-state index in [2.05, 4.69) is 9.46 Å². The standard InChI is InChI=1S/C16H16ClNO4S/c1-10-4-5-12(16(19)22-3)9-15(10)23(20,21)18-14-7-6-13(17)8-11(14)2/h4-9,18H,1-3H3. The predicted octanol–water partition coefficient (Wildman–Crippen LogP) is 3.54. The molecule has 0 aromatic heterocycles. The van der Waals surface area contributed by atoms with Crippen molar-refractivity contribution >= 4 is 33.3 Å². The van der Waals surface area contributed by atoms with Crippen LogP contribution in [0.15, 0.2) is 41.3 Å². The van der Waals surface area contributed by atoms with E-state index in [-0.39, 0.29) is 10.5 Å². The first-order valence-corrected chi connectivity index (χ1v) is 8.58. The fraction of sp³-hybridized carbons (Fsp3) is 0.188. The van der Waals surface area contributed by atoms with E-state index >= 15 is 0 Å². The molecule has 0 heterocycles. The van der Waals surface area contributed by atoms with Gasteiger partial charge in [0.2, 0.25) is 0 Å². The van der Waals surface area contributed by atoms with Gasteiger partial charge in [0.1, 0.15) is 0 Å². The summed E-state index contributed by atoms with van der Waals surface area (Å²) in [5.74, 6) is -0.593. The molecule has 0 spiro atoms. The van der Waals surface area contributed by atoms with E-state index in [1.54, 1.807) is 38.1 Å². The van der Waals surface area contributed by atoms with E-state index in [4.69, 9.17) is 11.6 Å². The van der Waals surface area contributed by atoms with E-state index in [0.29, 0.717) is 21.8 Å². The van der Waals surface area contributed by atoms with Crippen LogP contribution in [0.25, 0.3) is 0 Å². The molecule has 0 unspecified atom stereocenters. The van der Waals surface area contributed by atoms with Gasteiger partial charge in [-0.05, 0) is 55.3 Å². The highest BCUT2D eigenvalue weighted by Gasteiger charge is 2.20. The van der Waals surface area contributed by atoms with Crippen molar-refractivity contribution in [3.05, 3.63) is 58.1 Å². The van der Waals surface area contributed by atoms with Crippen LogP contribution in [0.5, 0.6) is 0 Å². The van der Waals surface area contributed by atoms with Crippen molar-refractivity contribution in [3.8, 4) is 0 Å². The Kier molecular flexibility index (Phi) is 4.97. The molecule has 23 heavy (non-hydrogen) atoms. The van der Waals surface area contributed by atoms with Crippen LogP contribution >= 0.6 is 11.6 Å². The zero-order chi connectivity index (χ0) is 17.2. The van der Waals surface area contributed by atoms with Gasteiger partial charge in [-0.3, -0.25) is 4.72 Å². The quantitative estimate of drug-likeness (QED) is 0.853. The Morgan fingerprint density at radius 1 is 1.09 bits per heavy atom. The van der Waals surface area contributed by atoms with Gasteiger partial charge in [0.25, 0.3) is 10.0 Å². The number of ether oxygens (including phenoxy) is 1. The van der Waals surface area contributed by atoms with Crippen molar-refractivity contribution in [1.29, 1.82) is 0 Å². The first kappa shape index (κ1) is 17.3. The number of hydrogen-bond acceptors (Lipinski definition) is 4. The van der Waals surface area contributed by atoms with Crippen LogP contribution in [0.3, 0.4) is 0 Å². The van der Waals surface area contributed by atoms with Gasteiger partial charge in [0.05, 0.1) is 23.3 Å². The second kappa shape index (κ2) is 6.60. The second-order valence-electron chi connectivity index (χ2n) is 5.04. The molecule has 0 saturated carbocycles. The minimum Gasteiger partial charge on any atom is -0.465 e. The maximum Gasteiger partial charge on any atom is 0.337 e. The molecule has 0 atom stereocenters. The van der Waals surface area contributed by atoms with Gasteiger partial charge in [0, 0.05) is 5.02 Å². The molecule has 5 nitrogen and oxygen atoms in total. The van der Waals surface area contributed by atoms with E-state index in [9.17, 15) is 13.2 Å². The summed E-state index contributed by atoms with van der Waals surface area (Å²) in [5.41, 5.74) is 1.82. The second-order valence-corrected chi connectivity index (χ2v) is 7.12. The Balaban J connectivity index is 2.45. The first-order chi connectivity index (χ1) is 10.7. The van der Waals surface area contributed by atoms with E-state index < -0.39 is 16.0 Å². The van der Waals surface area contributed by atoms with E-state index in [1.807, 2.05) is 0 Å². The Hall–Kier alpha value is -2.05. The van der Waals surface area contributed by atoms with Crippen LogP contribution in [0.4, 0.5) is 5.69 Å². The number of anilines is 1. The first-order valence-electron chi connectivity index (χ1n) is 6.72. The minimum atomic E-state index is -3.84. The van der Waals surface area contributed by atoms with Crippen molar-refractivity contribution in [1.82, 2.24) is 0 Å². The molecule has 0 aliphatic carbocycles. The van der Waals surface area contributed by atoms with E-state index in [0.717, 1.165) is 0 Å². The summed E-state index contributed by atoms with van der Waals surface area (Å²) in [5, 5.41) is 0.523. The van der Waals surface area contributed by atoms with Crippen LogP contribution in [0, 0.1) is 13.8 Å². The average Bonchev–Trinajstić information content (AvgIpc) is 2.49. The molecular weight excluding hydrogens is 338 g/mol. The summed E-state index contributed by atoms with van der Waals surface area (Å²) in [6.07, 6.45) is 0. The van der Waals surface area contributed by atoms with Crippen LogP contribution in [-0.2, 0) is 14.8 Å². The summed E-state index contributed by atoms with van der Waals surface area (Å²) in [7, 11) is -2.60. The number of sulfonamides is 1. The van der Waals surface area contributed by atoms with Crippen LogP contribution in [0.1, 0.15) is 21.5 Å². The Morgan fingerprint density at radius 2 is 1.78 bits per heavy atom. The molecule has 2 aromatic rings. The van der Waals surface area contributed by atoms with Crippen molar-refractivity contribution in [2.45, 2.75) is 18.7 Å². The third kappa shape index (κ3) is 3.83. The molecule has 0 radical (unpaired) electrons. The van der Waals surface area contributed by atoms with Gasteiger partial charge in [-0.15, -0.1) is 0 Å². The summed E-state index contributed by atoms with van der Waals surface area (Å²) in [4.78, 5) is 11.6. The highest BCUT2D eigenvalue weighted by atomic mass is 35.5. The number of methoxy groups -OCH3 is 1. The fourth-order valence-corrected chi connectivity index (χ4v) is 3.70. The molecule has 0 aliphatic heterocycles. The Bertz CT molecular complexity index is 862. The van der Waals surface area contributed by atoms with Crippen molar-refractivity contribution in [3.63, 3.8) is 0 Å². The minimum absolute atomic E-state index is 0.0229. The third-order valence-corrected chi connectivity index (χ3v) is 5.07. The molecule has 0 saturated heterocycles. The Morgan fingerprint density at radius 3 is 2.39 bits per heavy atom. The van der Waals surface area contributed by atoms with Crippen molar-refractivity contribution < 1.29 is 17.9 Å². The number of esters is 1. The number of halogens is 1. The maximum absolute atomic E-state index is 12.6. The maximum atomic E-state index is 12.6. The highest BCUT2D eigenvalue weighted by molar-refractivity contribution is 7.92. The zero-order valence-electron chi connectivity index (χ0n) is 12.9. The number of carbonyl (C=O) groups is 1. The number of aryl methyl sites for hydroxylation is 2. The van der Waals surface area contributed by atoms with Gasteiger partial charge in [0.15, 0.2) is 0 Å². The smallest absolute Gasteiger partial charge is 0.337 e. The molecule has 2 aromatic carbocycles. The van der Waals surface area contributed by atoms with Crippen LogP contribution in [-0.4, -0.2) is 21.5 Å². The van der Waals surface area contributed by atoms with E-state index in [1.165, 1.54) is 19.2 Å². The molecule has 0 aliphatic rings. The number of hydrogen-bond donors (Lipinski definition) is 1. The lowest BCUT2D eigenvalue weighted by Gasteiger charge is -2.13. The number of nitrogens with one attached hydrogen (secondary N) is 1. The summed E-state index contributed by atoms with van der Waals surface area (Å²) in [6, 6.07) is 9.24. The van der Waals surface area contributed by atoms with Crippen LogP contribution in [0.2, 0.25) is 5.02 Å². The van der Waals surface area contributed by atoms with Crippen molar-refractivity contribution in [2.75, 3.05) is 11.8 Å². The average molecular weight is 354 g/mol. The fourth-order valence-electron chi connectivity index (χ4n) is 2.08. The normalized spacial score (nSPS) is 11.1. The molecule has 122 valence electrons. The number of rotatable bonds is 4. The van der Waals surface area contributed by atoms with Gasteiger partial charge in [-0.25, -0.2) is 13.2 Å². The summed E-state index contributed by atoms with van der Waals surface area (Å²) >= 11 is 5.87. The topological polar surface area (TPSA) is 72.5 Å². The SMILES string of the molecule is COC(=O)c1ccc(C)c(S(=O)(=O)Nc2ccc(Cl)cc2C)c1. The molecule has 0 fully saturated rings.